The van der Waals surface area contributed by atoms with Crippen molar-refractivity contribution >= 4 is 27.5 Å². The van der Waals surface area contributed by atoms with Gasteiger partial charge in [0.25, 0.3) is 5.91 Å². The predicted octanol–water partition coefficient (Wildman–Crippen LogP) is 1.65. The maximum atomic E-state index is 13.5. The first-order chi connectivity index (χ1) is 8.42. The molecule has 0 radical (unpaired) electrons. The zero-order valence-corrected chi connectivity index (χ0v) is 12.2. The quantitative estimate of drug-likeness (QED) is 0.870. The number of halogens is 2. The van der Waals surface area contributed by atoms with E-state index in [4.69, 9.17) is 16.7 Å². The van der Waals surface area contributed by atoms with Crippen LogP contribution in [0, 0.1) is 5.82 Å². The van der Waals surface area contributed by atoms with Crippen LogP contribution in [0.15, 0.2) is 17.0 Å². The van der Waals surface area contributed by atoms with Crippen LogP contribution in [0.2, 0.25) is 5.02 Å². The highest BCUT2D eigenvalue weighted by Gasteiger charge is 2.23. The van der Waals surface area contributed by atoms with E-state index in [0.717, 1.165) is 12.1 Å². The molecule has 0 heterocycles. The van der Waals surface area contributed by atoms with Gasteiger partial charge < -0.3 is 5.32 Å². The number of nitrogens with two attached hydrogens (primary N) is 1. The zero-order chi connectivity index (χ0) is 15.0. The van der Waals surface area contributed by atoms with Crippen molar-refractivity contribution in [2.75, 3.05) is 0 Å². The fourth-order valence-electron chi connectivity index (χ4n) is 1.33. The summed E-state index contributed by atoms with van der Waals surface area (Å²) >= 11 is 5.74. The highest BCUT2D eigenvalue weighted by Crippen LogP contribution is 2.23. The Hall–Kier alpha value is -1.18. The van der Waals surface area contributed by atoms with E-state index in [-0.39, 0.29) is 10.6 Å². The Balaban J connectivity index is 3.34. The molecule has 0 aromatic heterocycles. The molecule has 0 aliphatic heterocycles. The molecule has 0 aliphatic rings. The number of carbonyl (C=O) groups is 1. The lowest BCUT2D eigenvalue weighted by atomic mass is 10.1. The third-order valence-electron chi connectivity index (χ3n) is 2.06. The van der Waals surface area contributed by atoms with Crippen LogP contribution < -0.4 is 10.5 Å². The molecule has 0 aliphatic carbocycles. The minimum atomic E-state index is -4.26. The number of amides is 1. The van der Waals surface area contributed by atoms with Crippen molar-refractivity contribution in [3.63, 3.8) is 0 Å². The largest absolute Gasteiger partial charge is 0.347 e. The molecule has 3 N–H and O–H groups in total. The van der Waals surface area contributed by atoms with Crippen molar-refractivity contribution < 1.29 is 17.6 Å². The molecule has 8 heteroatoms. The molecule has 0 fully saturated rings. The zero-order valence-electron chi connectivity index (χ0n) is 10.6. The molecule has 0 unspecified atom stereocenters. The molecular formula is C11H14ClFN2O3S. The van der Waals surface area contributed by atoms with E-state index >= 15 is 0 Å². The molecule has 1 amide bonds. The van der Waals surface area contributed by atoms with Gasteiger partial charge in [0.1, 0.15) is 10.7 Å². The molecule has 1 aromatic rings. The maximum Gasteiger partial charge on any atom is 0.253 e. The molecule has 0 bridgehead atoms. The van der Waals surface area contributed by atoms with Crippen LogP contribution in [0.3, 0.4) is 0 Å². The number of sulfonamides is 1. The minimum absolute atomic E-state index is 0.151. The van der Waals surface area contributed by atoms with Crippen molar-refractivity contribution in [1.82, 2.24) is 5.32 Å². The van der Waals surface area contributed by atoms with Gasteiger partial charge in [0, 0.05) is 5.54 Å². The van der Waals surface area contributed by atoms with Crippen molar-refractivity contribution in [3.05, 3.63) is 28.5 Å². The van der Waals surface area contributed by atoms with Gasteiger partial charge in [-0.15, -0.1) is 0 Å². The van der Waals surface area contributed by atoms with Crippen LogP contribution in [0.4, 0.5) is 4.39 Å². The maximum absolute atomic E-state index is 13.5. The summed E-state index contributed by atoms with van der Waals surface area (Å²) in [6.07, 6.45) is 0. The van der Waals surface area contributed by atoms with Crippen LogP contribution in [-0.4, -0.2) is 19.9 Å². The monoisotopic (exact) mass is 308 g/mol. The highest BCUT2D eigenvalue weighted by atomic mass is 35.5. The summed E-state index contributed by atoms with van der Waals surface area (Å²) in [5.74, 6) is -1.71. The van der Waals surface area contributed by atoms with Gasteiger partial charge in [0.15, 0.2) is 0 Å². The Bertz CT molecular complexity index is 624. The smallest absolute Gasteiger partial charge is 0.253 e. The first-order valence-corrected chi connectivity index (χ1v) is 7.18. The van der Waals surface area contributed by atoms with Gasteiger partial charge in [0.05, 0.1) is 10.6 Å². The van der Waals surface area contributed by atoms with Gasteiger partial charge in [-0.05, 0) is 32.9 Å². The van der Waals surface area contributed by atoms with Crippen LogP contribution in [0.25, 0.3) is 0 Å². The summed E-state index contributed by atoms with van der Waals surface area (Å²) in [5, 5.41) is 7.27. The summed E-state index contributed by atoms with van der Waals surface area (Å²) in [6.45, 7) is 5.22. The van der Waals surface area contributed by atoms with Crippen LogP contribution in [0.1, 0.15) is 31.1 Å². The number of hydrogen-bond acceptors (Lipinski definition) is 3. The number of carbonyl (C=O) groups excluding carboxylic acids is 1. The number of primary sulfonamides is 1. The summed E-state index contributed by atoms with van der Waals surface area (Å²) in [6, 6.07) is 1.58. The second-order valence-electron chi connectivity index (χ2n) is 5.01. The summed E-state index contributed by atoms with van der Waals surface area (Å²) < 4.78 is 35.8. The van der Waals surface area contributed by atoms with E-state index in [1.165, 1.54) is 0 Å². The summed E-state index contributed by atoms with van der Waals surface area (Å²) in [7, 11) is -4.26. The molecule has 106 valence electrons. The van der Waals surface area contributed by atoms with Crippen molar-refractivity contribution in [2.45, 2.75) is 31.2 Å². The molecule has 0 atom stereocenters. The Labute approximate surface area is 116 Å². The van der Waals surface area contributed by atoms with Gasteiger partial charge in [-0.25, -0.2) is 17.9 Å². The van der Waals surface area contributed by atoms with Gasteiger partial charge in [0.2, 0.25) is 10.0 Å². The lowest BCUT2D eigenvalue weighted by Gasteiger charge is -2.21. The Morgan fingerprint density at radius 1 is 1.37 bits per heavy atom. The minimum Gasteiger partial charge on any atom is -0.347 e. The predicted molar refractivity (Wildman–Crippen MR) is 70.0 cm³/mol. The first kappa shape index (κ1) is 15.9. The Kier molecular flexibility index (Phi) is 4.23. The standard InChI is InChI=1S/C11H14ClFN2O3S/c1-11(2,3)15-10(16)6-4-9(19(14,17)18)8(13)5-7(6)12/h4-5H,1-3H3,(H,15,16)(H2,14,17,18). The van der Waals surface area contributed by atoms with Crippen molar-refractivity contribution in [3.8, 4) is 0 Å². The van der Waals surface area contributed by atoms with Crippen LogP contribution >= 0.6 is 11.6 Å². The van der Waals surface area contributed by atoms with E-state index in [2.05, 4.69) is 5.32 Å². The van der Waals surface area contributed by atoms with E-state index in [1.807, 2.05) is 0 Å². The molecular weight excluding hydrogens is 295 g/mol. The van der Waals surface area contributed by atoms with Gasteiger partial charge >= 0.3 is 0 Å². The van der Waals surface area contributed by atoms with Crippen molar-refractivity contribution in [2.24, 2.45) is 5.14 Å². The molecule has 19 heavy (non-hydrogen) atoms. The molecule has 5 nitrogen and oxygen atoms in total. The average molecular weight is 309 g/mol. The first-order valence-electron chi connectivity index (χ1n) is 5.26. The molecule has 0 saturated heterocycles. The van der Waals surface area contributed by atoms with Crippen LogP contribution in [0.5, 0.6) is 0 Å². The van der Waals surface area contributed by atoms with Gasteiger partial charge in [-0.2, -0.15) is 0 Å². The Morgan fingerprint density at radius 3 is 2.32 bits per heavy atom. The van der Waals surface area contributed by atoms with E-state index in [9.17, 15) is 17.6 Å². The lowest BCUT2D eigenvalue weighted by molar-refractivity contribution is 0.0919. The molecule has 0 saturated carbocycles. The van der Waals surface area contributed by atoms with E-state index in [0.29, 0.717) is 0 Å². The second kappa shape index (κ2) is 5.07. The average Bonchev–Trinajstić information content (AvgIpc) is 2.11. The molecule has 1 rings (SSSR count). The fraction of sp³-hybridized carbons (Fsp3) is 0.364. The molecule has 1 aromatic carbocycles. The lowest BCUT2D eigenvalue weighted by Crippen LogP contribution is -2.40. The normalized spacial score (nSPS) is 12.3. The molecule has 0 spiro atoms. The second-order valence-corrected chi connectivity index (χ2v) is 6.95. The Morgan fingerprint density at radius 2 is 1.89 bits per heavy atom. The van der Waals surface area contributed by atoms with E-state index in [1.54, 1.807) is 20.8 Å². The van der Waals surface area contributed by atoms with Crippen molar-refractivity contribution in [1.29, 1.82) is 0 Å². The van der Waals surface area contributed by atoms with Crippen LogP contribution in [-0.2, 0) is 10.0 Å². The third-order valence-corrected chi connectivity index (χ3v) is 3.30. The van der Waals surface area contributed by atoms with Gasteiger partial charge in [-0.3, -0.25) is 4.79 Å². The number of benzene rings is 1. The van der Waals surface area contributed by atoms with E-state index < -0.39 is 32.2 Å². The summed E-state index contributed by atoms with van der Waals surface area (Å²) in [4.78, 5) is 11.2. The topological polar surface area (TPSA) is 89.3 Å². The van der Waals surface area contributed by atoms with Gasteiger partial charge in [-0.1, -0.05) is 11.6 Å². The SMILES string of the molecule is CC(C)(C)NC(=O)c1cc(S(N)(=O)=O)c(F)cc1Cl. The summed E-state index contributed by atoms with van der Waals surface area (Å²) in [5.41, 5.74) is -0.696. The fourth-order valence-corrected chi connectivity index (χ4v) is 2.18. The number of nitrogens with one attached hydrogen (secondary N) is 1. The number of rotatable bonds is 2. The highest BCUT2D eigenvalue weighted by molar-refractivity contribution is 7.89. The third kappa shape index (κ3) is 4.15. The number of hydrogen-bond donors (Lipinski definition) is 2.